The summed E-state index contributed by atoms with van der Waals surface area (Å²) in [4.78, 5) is 5.32. The van der Waals surface area contributed by atoms with E-state index in [0.29, 0.717) is 17.5 Å². The van der Waals surface area contributed by atoms with Crippen LogP contribution in [0.15, 0.2) is 38.2 Å². The van der Waals surface area contributed by atoms with Gasteiger partial charge in [0.1, 0.15) is 0 Å². The normalized spacial score (nSPS) is 10.5. The van der Waals surface area contributed by atoms with Gasteiger partial charge in [0.05, 0.1) is 5.75 Å². The van der Waals surface area contributed by atoms with Crippen LogP contribution in [0, 0.1) is 6.92 Å². The molecule has 0 saturated carbocycles. The average Bonchev–Trinajstić information content (AvgIpc) is 2.64. The lowest BCUT2D eigenvalue weighted by molar-refractivity contribution is 0.387. The van der Waals surface area contributed by atoms with Gasteiger partial charge in [-0.25, -0.2) is 0 Å². The summed E-state index contributed by atoms with van der Waals surface area (Å²) in [5.74, 6) is 2.06. The highest BCUT2D eigenvalue weighted by Crippen LogP contribution is 2.23. The Morgan fingerprint density at radius 3 is 2.67 bits per heavy atom. The third-order valence-corrected chi connectivity index (χ3v) is 3.27. The van der Waals surface area contributed by atoms with Crippen LogP contribution in [0.25, 0.3) is 0 Å². The first kappa shape index (κ1) is 10.7. The second kappa shape index (κ2) is 4.81. The molecule has 1 heterocycles. The zero-order valence-corrected chi connectivity index (χ0v) is 10.5. The molecule has 0 aliphatic carbocycles. The van der Waals surface area contributed by atoms with E-state index >= 15 is 0 Å². The number of nitrogens with zero attached hydrogens (tertiary/aromatic N) is 2. The average molecular weight is 285 g/mol. The van der Waals surface area contributed by atoms with Crippen molar-refractivity contribution in [3.63, 3.8) is 0 Å². The summed E-state index contributed by atoms with van der Waals surface area (Å²) in [5, 5.41) is 3.74. The minimum Gasteiger partial charge on any atom is -0.338 e. The molecule has 0 aliphatic heterocycles. The number of hydrogen-bond acceptors (Lipinski definition) is 4. The third kappa shape index (κ3) is 3.07. The molecule has 78 valence electrons. The van der Waals surface area contributed by atoms with Crippen molar-refractivity contribution in [1.29, 1.82) is 0 Å². The van der Waals surface area contributed by atoms with Gasteiger partial charge in [-0.05, 0) is 31.2 Å². The molecule has 0 atom stereocenters. The maximum atomic E-state index is 5.02. The maximum absolute atomic E-state index is 5.02. The summed E-state index contributed by atoms with van der Waals surface area (Å²) in [7, 11) is 0. The molecule has 0 spiro atoms. The van der Waals surface area contributed by atoms with Gasteiger partial charge in [-0.3, -0.25) is 0 Å². The number of hydrogen-bond donors (Lipinski definition) is 0. The van der Waals surface area contributed by atoms with E-state index in [4.69, 9.17) is 4.52 Å². The maximum Gasteiger partial charge on any atom is 0.236 e. The zero-order valence-electron chi connectivity index (χ0n) is 8.11. The lowest BCUT2D eigenvalue weighted by Gasteiger charge is -1.97. The lowest BCUT2D eigenvalue weighted by Crippen LogP contribution is -1.80. The first-order valence-electron chi connectivity index (χ1n) is 4.41. The molecule has 1 aromatic heterocycles. The molecule has 2 rings (SSSR count). The van der Waals surface area contributed by atoms with Gasteiger partial charge in [0.15, 0.2) is 5.82 Å². The van der Waals surface area contributed by atoms with E-state index in [-0.39, 0.29) is 0 Å². The Balaban J connectivity index is 1.96. The van der Waals surface area contributed by atoms with Crippen LogP contribution in [0.4, 0.5) is 0 Å². The van der Waals surface area contributed by atoms with E-state index in [1.165, 1.54) is 4.90 Å². The van der Waals surface area contributed by atoms with Crippen molar-refractivity contribution in [3.8, 4) is 0 Å². The zero-order chi connectivity index (χ0) is 10.7. The Morgan fingerprint density at radius 2 is 2.07 bits per heavy atom. The SMILES string of the molecule is Cc1noc(CSc2ccc(Br)cc2)n1. The van der Waals surface area contributed by atoms with Crippen molar-refractivity contribution in [2.24, 2.45) is 0 Å². The van der Waals surface area contributed by atoms with Gasteiger partial charge < -0.3 is 4.52 Å². The molecule has 0 unspecified atom stereocenters. The summed E-state index contributed by atoms with van der Waals surface area (Å²) >= 11 is 5.07. The second-order valence-corrected chi connectivity index (χ2v) is 4.94. The molecule has 15 heavy (non-hydrogen) atoms. The summed E-state index contributed by atoms with van der Waals surface area (Å²) in [5.41, 5.74) is 0. The molecular formula is C10H9BrN2OS. The molecule has 0 fully saturated rings. The Hall–Kier alpha value is -0.810. The fourth-order valence-electron chi connectivity index (χ4n) is 1.07. The summed E-state index contributed by atoms with van der Waals surface area (Å²) < 4.78 is 6.10. The van der Waals surface area contributed by atoms with Crippen LogP contribution in [-0.4, -0.2) is 10.1 Å². The molecule has 2 aromatic rings. The summed E-state index contributed by atoms with van der Waals surface area (Å²) in [6, 6.07) is 8.14. The number of rotatable bonds is 3. The fourth-order valence-corrected chi connectivity index (χ4v) is 2.07. The van der Waals surface area contributed by atoms with E-state index in [1.807, 2.05) is 19.1 Å². The van der Waals surface area contributed by atoms with Crippen LogP contribution in [0.5, 0.6) is 0 Å². The van der Waals surface area contributed by atoms with Crippen molar-refractivity contribution in [2.75, 3.05) is 0 Å². The molecule has 0 amide bonds. The molecule has 1 aromatic carbocycles. The lowest BCUT2D eigenvalue weighted by atomic mass is 10.4. The first-order chi connectivity index (χ1) is 7.24. The highest BCUT2D eigenvalue weighted by atomic mass is 79.9. The Bertz CT molecular complexity index is 441. The Labute approximate surface area is 100 Å². The third-order valence-electron chi connectivity index (χ3n) is 1.75. The van der Waals surface area contributed by atoms with Crippen LogP contribution in [0.1, 0.15) is 11.7 Å². The predicted molar refractivity (Wildman–Crippen MR) is 62.7 cm³/mol. The summed E-state index contributed by atoms with van der Waals surface area (Å²) in [6.45, 7) is 1.82. The summed E-state index contributed by atoms with van der Waals surface area (Å²) in [6.07, 6.45) is 0. The quantitative estimate of drug-likeness (QED) is 0.810. The minimum absolute atomic E-state index is 0.667. The van der Waals surface area contributed by atoms with Gasteiger partial charge >= 0.3 is 0 Å². The van der Waals surface area contributed by atoms with Crippen LogP contribution in [-0.2, 0) is 5.75 Å². The highest BCUT2D eigenvalue weighted by molar-refractivity contribution is 9.10. The van der Waals surface area contributed by atoms with Gasteiger partial charge in [0.2, 0.25) is 5.89 Å². The van der Waals surface area contributed by atoms with Crippen LogP contribution in [0.2, 0.25) is 0 Å². The van der Waals surface area contributed by atoms with Crippen molar-refractivity contribution < 1.29 is 4.52 Å². The van der Waals surface area contributed by atoms with Crippen molar-refractivity contribution in [2.45, 2.75) is 17.6 Å². The van der Waals surface area contributed by atoms with Crippen molar-refractivity contribution in [1.82, 2.24) is 10.1 Å². The van der Waals surface area contributed by atoms with Gasteiger partial charge in [-0.2, -0.15) is 4.98 Å². The fraction of sp³-hybridized carbons (Fsp3) is 0.200. The molecular weight excluding hydrogens is 276 g/mol. The highest BCUT2D eigenvalue weighted by Gasteiger charge is 2.03. The van der Waals surface area contributed by atoms with Gasteiger partial charge in [0, 0.05) is 9.37 Å². The minimum atomic E-state index is 0.667. The number of halogens is 1. The van der Waals surface area contributed by atoms with E-state index in [1.54, 1.807) is 11.8 Å². The van der Waals surface area contributed by atoms with E-state index in [0.717, 1.165) is 4.47 Å². The van der Waals surface area contributed by atoms with E-state index in [9.17, 15) is 0 Å². The molecule has 0 aliphatic rings. The van der Waals surface area contributed by atoms with Crippen LogP contribution in [0.3, 0.4) is 0 Å². The molecule has 0 radical (unpaired) electrons. The molecule has 0 bridgehead atoms. The largest absolute Gasteiger partial charge is 0.338 e. The van der Waals surface area contributed by atoms with Gasteiger partial charge in [-0.15, -0.1) is 11.8 Å². The molecule has 5 heteroatoms. The van der Waals surface area contributed by atoms with Gasteiger partial charge in [-0.1, -0.05) is 21.1 Å². The number of aryl methyl sites for hydroxylation is 1. The molecule has 3 nitrogen and oxygen atoms in total. The number of thioether (sulfide) groups is 1. The van der Waals surface area contributed by atoms with Crippen LogP contribution < -0.4 is 0 Å². The van der Waals surface area contributed by atoms with Crippen molar-refractivity contribution in [3.05, 3.63) is 40.5 Å². The molecule has 0 saturated heterocycles. The predicted octanol–water partition coefficient (Wildman–Crippen LogP) is 3.43. The van der Waals surface area contributed by atoms with Crippen LogP contribution >= 0.6 is 27.7 Å². The van der Waals surface area contributed by atoms with Gasteiger partial charge in [0.25, 0.3) is 0 Å². The Kier molecular flexibility index (Phi) is 3.43. The monoisotopic (exact) mass is 284 g/mol. The number of aromatic nitrogens is 2. The second-order valence-electron chi connectivity index (χ2n) is 2.98. The molecule has 0 N–H and O–H groups in total. The standard InChI is InChI=1S/C10H9BrN2OS/c1-7-12-10(14-13-7)6-15-9-4-2-8(11)3-5-9/h2-5H,6H2,1H3. The van der Waals surface area contributed by atoms with E-state index in [2.05, 4.69) is 38.2 Å². The Morgan fingerprint density at radius 1 is 1.33 bits per heavy atom. The smallest absolute Gasteiger partial charge is 0.236 e. The topological polar surface area (TPSA) is 38.9 Å². The van der Waals surface area contributed by atoms with E-state index < -0.39 is 0 Å². The number of benzene rings is 1. The first-order valence-corrected chi connectivity index (χ1v) is 6.19. The van der Waals surface area contributed by atoms with Crippen molar-refractivity contribution >= 4 is 27.7 Å².